The van der Waals surface area contributed by atoms with Crippen LogP contribution in [0.25, 0.3) is 120 Å². The minimum absolute atomic E-state index is 1.23. The van der Waals surface area contributed by atoms with Gasteiger partial charge in [0, 0.05) is 0 Å². The smallest absolute Gasteiger partial charge is 0.00201 e. The van der Waals surface area contributed by atoms with Crippen molar-refractivity contribution in [2.24, 2.45) is 0 Å². The van der Waals surface area contributed by atoms with Crippen LogP contribution in [0, 0.1) is 0 Å². The van der Waals surface area contributed by atoms with Crippen LogP contribution in [-0.4, -0.2) is 0 Å². The molecule has 54 heavy (non-hydrogen) atoms. The van der Waals surface area contributed by atoms with E-state index in [1.54, 1.807) is 0 Å². The van der Waals surface area contributed by atoms with Crippen molar-refractivity contribution >= 4 is 64.6 Å². The van der Waals surface area contributed by atoms with Crippen molar-refractivity contribution in [1.82, 2.24) is 0 Å². The minimum atomic E-state index is 1.23. The van der Waals surface area contributed by atoms with Crippen LogP contribution < -0.4 is 0 Å². The molecule has 0 radical (unpaired) electrons. The molecule has 0 aliphatic heterocycles. The van der Waals surface area contributed by atoms with E-state index in [-0.39, 0.29) is 0 Å². The summed E-state index contributed by atoms with van der Waals surface area (Å²) in [5, 5.41) is 15.5. The van der Waals surface area contributed by atoms with Crippen LogP contribution in [0.2, 0.25) is 0 Å². The average Bonchev–Trinajstić information content (AvgIpc) is 3.57. The number of hydrogen-bond acceptors (Lipinski definition) is 0. The first-order valence-electron chi connectivity index (χ1n) is 18.8. The first-order valence-corrected chi connectivity index (χ1v) is 18.8. The van der Waals surface area contributed by atoms with Crippen LogP contribution in [0.1, 0.15) is 0 Å². The molecule has 0 heteroatoms. The summed E-state index contributed by atoms with van der Waals surface area (Å²) in [6.45, 7) is 0. The monoisotopic (exact) mass is 680 g/mol. The van der Waals surface area contributed by atoms with Gasteiger partial charge in [0.1, 0.15) is 0 Å². The van der Waals surface area contributed by atoms with Gasteiger partial charge in [0.25, 0.3) is 0 Å². The zero-order valence-corrected chi connectivity index (χ0v) is 29.5. The zero-order valence-electron chi connectivity index (χ0n) is 29.5. The van der Waals surface area contributed by atoms with E-state index in [0.29, 0.717) is 0 Å². The molecule has 0 saturated carbocycles. The molecular formula is C54H32. The molecule has 11 aromatic rings. The van der Waals surface area contributed by atoms with E-state index >= 15 is 0 Å². The third-order valence-electron chi connectivity index (χ3n) is 11.9. The topological polar surface area (TPSA) is 0 Å². The number of benzene rings is 11. The van der Waals surface area contributed by atoms with E-state index in [4.69, 9.17) is 0 Å². The SMILES string of the molecule is c1ccc2c(c1)-c1cccc3c(-c4cc(-c5ccc6cc(-c7cc8ccc9ccccc9c8c8ccccc78)ccc6c5)cc5ccccc45)ccc-2c13. The fourth-order valence-electron chi connectivity index (χ4n) is 9.45. The number of hydrogen-bond donors (Lipinski definition) is 0. The van der Waals surface area contributed by atoms with Crippen LogP contribution in [0.4, 0.5) is 0 Å². The normalized spacial score (nSPS) is 12.1. The molecule has 1 aliphatic carbocycles. The highest BCUT2D eigenvalue weighted by Crippen LogP contribution is 2.50. The molecule has 0 N–H and O–H groups in total. The highest BCUT2D eigenvalue weighted by Gasteiger charge is 2.23. The van der Waals surface area contributed by atoms with Gasteiger partial charge in [0.2, 0.25) is 0 Å². The second-order valence-corrected chi connectivity index (χ2v) is 14.8. The molecule has 0 heterocycles. The Morgan fingerprint density at radius 2 is 0.741 bits per heavy atom. The molecule has 11 aromatic carbocycles. The summed E-state index contributed by atoms with van der Waals surface area (Å²) in [5.41, 5.74) is 12.8. The quantitative estimate of drug-likeness (QED) is 0.163. The third kappa shape index (κ3) is 4.26. The van der Waals surface area contributed by atoms with Crippen LogP contribution in [0.5, 0.6) is 0 Å². The van der Waals surface area contributed by atoms with Crippen molar-refractivity contribution < 1.29 is 0 Å². The summed E-state index contributed by atoms with van der Waals surface area (Å²) < 4.78 is 0. The molecule has 0 spiro atoms. The van der Waals surface area contributed by atoms with Gasteiger partial charge in [-0.05, 0) is 151 Å². The number of rotatable bonds is 3. The van der Waals surface area contributed by atoms with Crippen LogP contribution in [-0.2, 0) is 0 Å². The van der Waals surface area contributed by atoms with Gasteiger partial charge in [-0.2, -0.15) is 0 Å². The molecule has 0 fully saturated rings. The lowest BCUT2D eigenvalue weighted by molar-refractivity contribution is 1.65. The molecule has 1 aliphatic rings. The van der Waals surface area contributed by atoms with E-state index in [1.165, 1.54) is 120 Å². The van der Waals surface area contributed by atoms with Gasteiger partial charge in [-0.25, -0.2) is 0 Å². The lowest BCUT2D eigenvalue weighted by Gasteiger charge is -2.15. The first-order chi connectivity index (χ1) is 26.8. The van der Waals surface area contributed by atoms with E-state index < -0.39 is 0 Å². The van der Waals surface area contributed by atoms with Gasteiger partial charge in [0.05, 0.1) is 0 Å². The van der Waals surface area contributed by atoms with Crippen molar-refractivity contribution in [3.8, 4) is 55.6 Å². The van der Waals surface area contributed by atoms with Crippen molar-refractivity contribution in [3.63, 3.8) is 0 Å². The second kappa shape index (κ2) is 11.2. The Hall–Kier alpha value is -7.02. The summed E-state index contributed by atoms with van der Waals surface area (Å²) in [7, 11) is 0. The van der Waals surface area contributed by atoms with E-state index in [0.717, 1.165) is 0 Å². The maximum Gasteiger partial charge on any atom is -0.00201 e. The highest BCUT2D eigenvalue weighted by atomic mass is 14.3. The lowest BCUT2D eigenvalue weighted by Crippen LogP contribution is -1.89. The fraction of sp³-hybridized carbons (Fsp3) is 0. The summed E-state index contributed by atoms with van der Waals surface area (Å²) in [4.78, 5) is 0. The molecule has 0 amide bonds. The molecule has 0 atom stereocenters. The van der Waals surface area contributed by atoms with Gasteiger partial charge >= 0.3 is 0 Å². The Morgan fingerprint density at radius 1 is 0.185 bits per heavy atom. The predicted molar refractivity (Wildman–Crippen MR) is 232 cm³/mol. The zero-order chi connectivity index (χ0) is 35.3. The Morgan fingerprint density at radius 3 is 1.57 bits per heavy atom. The van der Waals surface area contributed by atoms with Crippen molar-refractivity contribution in [3.05, 3.63) is 194 Å². The van der Waals surface area contributed by atoms with Gasteiger partial charge in [-0.1, -0.05) is 164 Å². The van der Waals surface area contributed by atoms with E-state index in [1.807, 2.05) is 0 Å². The molecular weight excluding hydrogens is 649 g/mol. The second-order valence-electron chi connectivity index (χ2n) is 14.8. The third-order valence-corrected chi connectivity index (χ3v) is 11.9. The van der Waals surface area contributed by atoms with Crippen LogP contribution in [0.3, 0.4) is 0 Å². The fourth-order valence-corrected chi connectivity index (χ4v) is 9.45. The van der Waals surface area contributed by atoms with Gasteiger partial charge < -0.3 is 0 Å². The Labute approximate surface area is 313 Å². The largest absolute Gasteiger partial charge is 0.0616 e. The predicted octanol–water partition coefficient (Wildman–Crippen LogP) is 15.3. The number of fused-ring (bicyclic) bond motifs is 10. The molecule has 12 rings (SSSR count). The Balaban J connectivity index is 1.000. The van der Waals surface area contributed by atoms with Crippen molar-refractivity contribution in [1.29, 1.82) is 0 Å². The van der Waals surface area contributed by atoms with E-state index in [2.05, 4.69) is 194 Å². The van der Waals surface area contributed by atoms with Gasteiger partial charge in [-0.15, -0.1) is 0 Å². The molecule has 248 valence electrons. The summed E-state index contributed by atoms with van der Waals surface area (Å²) in [6.07, 6.45) is 0. The van der Waals surface area contributed by atoms with Crippen LogP contribution >= 0.6 is 0 Å². The Kier molecular flexibility index (Phi) is 6.15. The maximum atomic E-state index is 2.41. The van der Waals surface area contributed by atoms with Crippen LogP contribution in [0.15, 0.2) is 194 Å². The standard InChI is InChI=1S/C54H32/c1-4-13-42-33(10-1)20-25-39-31-51(45-16-7-8-17-47(45)53(39)42)38-24-23-34-28-36(22-21-35(34)29-38)40-30-37-11-2-3-12-41(37)52(32-40)46-26-27-50-44-15-6-5-14-43(44)48-18-9-19-49(46)54(48)50/h1-32H. The molecule has 0 saturated heterocycles. The average molecular weight is 681 g/mol. The first kappa shape index (κ1) is 29.5. The lowest BCUT2D eigenvalue weighted by atomic mass is 9.88. The van der Waals surface area contributed by atoms with Crippen molar-refractivity contribution in [2.75, 3.05) is 0 Å². The molecule has 0 unspecified atom stereocenters. The Bertz CT molecular complexity index is 3350. The minimum Gasteiger partial charge on any atom is -0.0616 e. The molecule has 0 aromatic heterocycles. The summed E-state index contributed by atoms with van der Waals surface area (Å²) in [5.74, 6) is 0. The van der Waals surface area contributed by atoms with Gasteiger partial charge in [0.15, 0.2) is 0 Å². The highest BCUT2D eigenvalue weighted by molar-refractivity contribution is 6.24. The van der Waals surface area contributed by atoms with Crippen molar-refractivity contribution in [2.45, 2.75) is 0 Å². The molecule has 0 bridgehead atoms. The summed E-state index contributed by atoms with van der Waals surface area (Å²) in [6, 6.07) is 72.4. The summed E-state index contributed by atoms with van der Waals surface area (Å²) >= 11 is 0. The molecule has 0 nitrogen and oxygen atoms in total. The van der Waals surface area contributed by atoms with E-state index in [9.17, 15) is 0 Å². The maximum absolute atomic E-state index is 2.41. The van der Waals surface area contributed by atoms with Gasteiger partial charge in [-0.3, -0.25) is 0 Å².